The van der Waals surface area contributed by atoms with Gasteiger partial charge < -0.3 is 15.2 Å². The molecule has 0 saturated heterocycles. The summed E-state index contributed by atoms with van der Waals surface area (Å²) in [5.41, 5.74) is 1.59. The third-order valence-corrected chi connectivity index (χ3v) is 5.61. The van der Waals surface area contributed by atoms with E-state index in [0.717, 1.165) is 44.3 Å². The second-order valence-corrected chi connectivity index (χ2v) is 7.78. The van der Waals surface area contributed by atoms with Crippen molar-refractivity contribution in [2.24, 2.45) is 4.99 Å². The lowest BCUT2D eigenvalue weighted by Gasteiger charge is -2.16. The van der Waals surface area contributed by atoms with Gasteiger partial charge >= 0.3 is 0 Å². The minimum atomic E-state index is 0.711. The lowest BCUT2D eigenvalue weighted by molar-refractivity contribution is 0.628. The second-order valence-electron chi connectivity index (χ2n) is 6.75. The highest BCUT2D eigenvalue weighted by molar-refractivity contribution is 7.09. The van der Waals surface area contributed by atoms with E-state index in [1.165, 1.54) is 30.6 Å². The topological polar surface area (TPSA) is 67.1 Å². The monoisotopic (exact) mass is 386 g/mol. The fraction of sp³-hybridized carbons (Fsp3) is 0.550. The van der Waals surface area contributed by atoms with E-state index in [4.69, 9.17) is 4.99 Å². The molecule has 2 aromatic rings. The Hall–Kier alpha value is -2.15. The van der Waals surface area contributed by atoms with Gasteiger partial charge in [-0.05, 0) is 43.6 Å². The number of nitrogens with zero attached hydrogens (tertiary/aromatic N) is 4. The van der Waals surface area contributed by atoms with Gasteiger partial charge in [0.25, 0.3) is 0 Å². The smallest absolute Gasteiger partial charge is 0.191 e. The Kier molecular flexibility index (Phi) is 7.89. The molecule has 7 heteroatoms. The molecule has 27 heavy (non-hydrogen) atoms. The van der Waals surface area contributed by atoms with Crippen LogP contribution in [0.4, 0.5) is 0 Å². The van der Waals surface area contributed by atoms with E-state index < -0.39 is 0 Å². The zero-order chi connectivity index (χ0) is 18.7. The molecule has 0 saturated carbocycles. The van der Waals surface area contributed by atoms with E-state index in [9.17, 15) is 0 Å². The molecule has 0 spiro atoms. The van der Waals surface area contributed by atoms with Gasteiger partial charge in [0.1, 0.15) is 12.2 Å². The third kappa shape index (κ3) is 6.50. The standard InChI is InChI=1S/C20H30N6S/c1-2-19-25-24-16-26(19)13-12-22-20(23-15-18-9-6-14-27-18)21-11-10-17-7-4-3-5-8-17/h6-7,9,14,16H,2-5,8,10-13,15H2,1H3,(H2,21,22,23). The van der Waals surface area contributed by atoms with Crippen molar-refractivity contribution in [1.29, 1.82) is 0 Å². The second kappa shape index (κ2) is 10.9. The predicted molar refractivity (Wildman–Crippen MR) is 112 cm³/mol. The van der Waals surface area contributed by atoms with Crippen LogP contribution in [0.3, 0.4) is 0 Å². The molecule has 1 aliphatic carbocycles. The number of guanidine groups is 1. The van der Waals surface area contributed by atoms with Gasteiger partial charge in [-0.2, -0.15) is 0 Å². The Balaban J connectivity index is 1.50. The molecule has 0 atom stereocenters. The molecule has 0 fully saturated rings. The maximum absolute atomic E-state index is 4.76. The molecule has 0 amide bonds. The quantitative estimate of drug-likeness (QED) is 0.393. The third-order valence-electron chi connectivity index (χ3n) is 4.75. The average molecular weight is 387 g/mol. The average Bonchev–Trinajstić information content (AvgIpc) is 3.38. The van der Waals surface area contributed by atoms with Gasteiger partial charge in [-0.3, -0.25) is 0 Å². The van der Waals surface area contributed by atoms with Gasteiger partial charge in [-0.25, -0.2) is 4.99 Å². The Bertz CT molecular complexity index is 732. The number of allylic oxidation sites excluding steroid dienone is 1. The first-order chi connectivity index (χ1) is 13.3. The maximum atomic E-state index is 4.76. The van der Waals surface area contributed by atoms with Crippen LogP contribution in [0.2, 0.25) is 0 Å². The van der Waals surface area contributed by atoms with Gasteiger partial charge in [-0.1, -0.05) is 24.6 Å². The molecule has 6 nitrogen and oxygen atoms in total. The number of thiophene rings is 1. The van der Waals surface area contributed by atoms with Crippen LogP contribution in [0.1, 0.15) is 49.7 Å². The molecule has 0 aliphatic heterocycles. The number of aromatic nitrogens is 3. The normalized spacial score (nSPS) is 14.9. The minimum Gasteiger partial charge on any atom is -0.356 e. The van der Waals surface area contributed by atoms with Gasteiger partial charge in [0.15, 0.2) is 5.96 Å². The number of rotatable bonds is 9. The van der Waals surface area contributed by atoms with Crippen molar-refractivity contribution in [1.82, 2.24) is 25.4 Å². The SMILES string of the molecule is CCc1nncn1CCNC(=NCc1cccs1)NCCC1=CCCCC1. The molecule has 0 radical (unpaired) electrons. The predicted octanol–water partition coefficient (Wildman–Crippen LogP) is 3.53. The zero-order valence-electron chi connectivity index (χ0n) is 16.2. The summed E-state index contributed by atoms with van der Waals surface area (Å²) in [5.74, 6) is 1.90. The molecule has 0 bridgehead atoms. The van der Waals surface area contributed by atoms with Crippen LogP contribution < -0.4 is 10.6 Å². The Labute approximate surface area is 165 Å². The van der Waals surface area contributed by atoms with Crippen LogP contribution >= 0.6 is 11.3 Å². The van der Waals surface area contributed by atoms with E-state index in [0.29, 0.717) is 6.54 Å². The fourth-order valence-corrected chi connectivity index (χ4v) is 3.87. The van der Waals surface area contributed by atoms with Crippen molar-refractivity contribution >= 4 is 17.3 Å². The highest BCUT2D eigenvalue weighted by Crippen LogP contribution is 2.19. The molecule has 0 aromatic carbocycles. The summed E-state index contributed by atoms with van der Waals surface area (Å²) >= 11 is 1.75. The van der Waals surface area contributed by atoms with Crippen molar-refractivity contribution in [2.45, 2.75) is 58.5 Å². The summed E-state index contributed by atoms with van der Waals surface area (Å²) in [6.45, 7) is 5.37. The summed E-state index contributed by atoms with van der Waals surface area (Å²) in [4.78, 5) is 6.03. The highest BCUT2D eigenvalue weighted by Gasteiger charge is 2.06. The first kappa shape index (κ1) is 19.6. The molecule has 146 valence electrons. The summed E-state index contributed by atoms with van der Waals surface area (Å²) in [6, 6.07) is 4.20. The molecule has 0 unspecified atom stereocenters. The van der Waals surface area contributed by atoms with Crippen LogP contribution in [0.25, 0.3) is 0 Å². The van der Waals surface area contributed by atoms with E-state index in [1.807, 2.05) is 0 Å². The van der Waals surface area contributed by atoms with E-state index in [1.54, 1.807) is 23.2 Å². The summed E-state index contributed by atoms with van der Waals surface area (Å²) < 4.78 is 2.09. The van der Waals surface area contributed by atoms with Gasteiger partial charge in [-0.15, -0.1) is 21.5 Å². The van der Waals surface area contributed by atoms with Gasteiger partial charge in [0.05, 0.1) is 6.54 Å². The van der Waals surface area contributed by atoms with Crippen molar-refractivity contribution in [2.75, 3.05) is 13.1 Å². The Morgan fingerprint density at radius 2 is 2.22 bits per heavy atom. The van der Waals surface area contributed by atoms with E-state index in [-0.39, 0.29) is 0 Å². The summed E-state index contributed by atoms with van der Waals surface area (Å²) in [5, 5.41) is 17.2. The van der Waals surface area contributed by atoms with Crippen LogP contribution in [0.5, 0.6) is 0 Å². The first-order valence-corrected chi connectivity index (χ1v) is 10.8. The van der Waals surface area contributed by atoms with Crippen molar-refractivity contribution < 1.29 is 0 Å². The summed E-state index contributed by atoms with van der Waals surface area (Å²) in [7, 11) is 0. The van der Waals surface area contributed by atoms with Gasteiger partial charge in [0, 0.05) is 30.9 Å². The molecule has 2 N–H and O–H groups in total. The van der Waals surface area contributed by atoms with E-state index in [2.05, 4.69) is 55.9 Å². The first-order valence-electron chi connectivity index (χ1n) is 9.94. The van der Waals surface area contributed by atoms with Gasteiger partial charge in [0.2, 0.25) is 0 Å². The van der Waals surface area contributed by atoms with Crippen LogP contribution in [0.15, 0.2) is 40.5 Å². The van der Waals surface area contributed by atoms with Crippen LogP contribution in [-0.2, 0) is 19.5 Å². The largest absolute Gasteiger partial charge is 0.356 e. The number of hydrogen-bond acceptors (Lipinski definition) is 4. The molecule has 1 aliphatic rings. The minimum absolute atomic E-state index is 0.711. The Morgan fingerprint density at radius 3 is 3.00 bits per heavy atom. The van der Waals surface area contributed by atoms with Crippen molar-refractivity contribution in [3.63, 3.8) is 0 Å². The highest BCUT2D eigenvalue weighted by atomic mass is 32.1. The van der Waals surface area contributed by atoms with Crippen LogP contribution in [0, 0.1) is 0 Å². The molecule has 3 rings (SSSR count). The lowest BCUT2D eigenvalue weighted by Crippen LogP contribution is -2.39. The molecular weight excluding hydrogens is 356 g/mol. The Morgan fingerprint density at radius 1 is 1.30 bits per heavy atom. The van der Waals surface area contributed by atoms with Crippen LogP contribution in [-0.4, -0.2) is 33.8 Å². The maximum Gasteiger partial charge on any atom is 0.191 e. The lowest BCUT2D eigenvalue weighted by atomic mass is 9.97. The summed E-state index contributed by atoms with van der Waals surface area (Å²) in [6.07, 6.45) is 11.4. The molecule has 2 aromatic heterocycles. The fourth-order valence-electron chi connectivity index (χ4n) is 3.24. The van der Waals surface area contributed by atoms with Crippen molar-refractivity contribution in [3.8, 4) is 0 Å². The molecular formula is C20H30N6S. The number of aliphatic imine (C=N–C) groups is 1. The number of nitrogens with one attached hydrogen (secondary N) is 2. The molecule has 2 heterocycles. The zero-order valence-corrected chi connectivity index (χ0v) is 17.0. The number of hydrogen-bond donors (Lipinski definition) is 2. The van der Waals surface area contributed by atoms with E-state index >= 15 is 0 Å². The number of aryl methyl sites for hydroxylation is 1. The van der Waals surface area contributed by atoms with Crippen molar-refractivity contribution in [3.05, 3.63) is 46.2 Å².